The maximum Gasteiger partial charge on any atom is 0.276 e. The number of hydrogen-bond donors (Lipinski definition) is 1. The van der Waals surface area contributed by atoms with Crippen LogP contribution in [0.1, 0.15) is 11.7 Å². The van der Waals surface area contributed by atoms with Gasteiger partial charge >= 0.3 is 0 Å². The van der Waals surface area contributed by atoms with Crippen molar-refractivity contribution >= 4 is 28.5 Å². The highest BCUT2D eigenvalue weighted by molar-refractivity contribution is 8.13. The SMILES string of the molecule is COc1cc(OC)c([C@@H]2N=c3ccccc3=C3C(=O)NC(SC)=NN32)c(OC)c1. The van der Waals surface area contributed by atoms with Gasteiger partial charge in [-0.25, -0.2) is 5.01 Å². The standard InChI is InChI=1S/C20H20N4O4S/c1-26-11-9-14(27-2)16(15(10-11)28-3)18-21-13-8-6-5-7-12(13)17-19(25)22-20(29-4)23-24(17)18/h5-10,18H,1-4H3,(H,22,23,25)/t18-/m1/s1. The van der Waals surface area contributed by atoms with Crippen LogP contribution >= 0.6 is 11.8 Å². The fourth-order valence-electron chi connectivity index (χ4n) is 3.39. The lowest BCUT2D eigenvalue weighted by Crippen LogP contribution is -2.50. The number of para-hydroxylation sites is 1. The molecular formula is C20H20N4O4S. The molecule has 9 heteroatoms. The molecule has 2 aliphatic heterocycles. The highest BCUT2D eigenvalue weighted by Gasteiger charge is 2.37. The van der Waals surface area contributed by atoms with Crippen LogP contribution in [0.25, 0.3) is 5.70 Å². The van der Waals surface area contributed by atoms with Gasteiger partial charge in [-0.3, -0.25) is 15.1 Å². The predicted molar refractivity (Wildman–Crippen MR) is 110 cm³/mol. The highest BCUT2D eigenvalue weighted by atomic mass is 32.2. The number of ether oxygens (including phenoxy) is 3. The smallest absolute Gasteiger partial charge is 0.276 e. The number of amides is 1. The van der Waals surface area contributed by atoms with E-state index in [1.807, 2.05) is 30.5 Å². The van der Waals surface area contributed by atoms with Gasteiger partial charge in [-0.15, -0.1) is 5.10 Å². The zero-order valence-electron chi connectivity index (χ0n) is 16.4. The molecule has 1 amide bonds. The monoisotopic (exact) mass is 412 g/mol. The lowest BCUT2D eigenvalue weighted by Gasteiger charge is -2.34. The van der Waals surface area contributed by atoms with Gasteiger partial charge in [0.05, 0.1) is 32.3 Å². The van der Waals surface area contributed by atoms with E-state index < -0.39 is 6.17 Å². The van der Waals surface area contributed by atoms with Gasteiger partial charge in [-0.1, -0.05) is 30.0 Å². The molecule has 0 aliphatic carbocycles. The Balaban J connectivity index is 2.03. The third kappa shape index (κ3) is 3.17. The summed E-state index contributed by atoms with van der Waals surface area (Å²) in [7, 11) is 4.71. The van der Waals surface area contributed by atoms with E-state index in [9.17, 15) is 4.79 Å². The minimum absolute atomic E-state index is 0.233. The zero-order chi connectivity index (χ0) is 20.5. The summed E-state index contributed by atoms with van der Waals surface area (Å²) in [5.74, 6) is 1.41. The van der Waals surface area contributed by atoms with E-state index in [0.717, 1.165) is 5.22 Å². The Bertz CT molecular complexity index is 1110. The summed E-state index contributed by atoms with van der Waals surface area (Å²) < 4.78 is 16.6. The Morgan fingerprint density at radius 1 is 1.07 bits per heavy atom. The lowest BCUT2D eigenvalue weighted by atomic mass is 10.1. The van der Waals surface area contributed by atoms with E-state index in [-0.39, 0.29) is 5.91 Å². The fourth-order valence-corrected chi connectivity index (χ4v) is 3.76. The highest BCUT2D eigenvalue weighted by Crippen LogP contribution is 2.43. The Morgan fingerprint density at radius 2 is 1.76 bits per heavy atom. The van der Waals surface area contributed by atoms with Crippen LogP contribution in [0, 0.1) is 0 Å². The number of methoxy groups -OCH3 is 3. The molecule has 29 heavy (non-hydrogen) atoms. The summed E-state index contributed by atoms with van der Waals surface area (Å²) in [6.45, 7) is 0. The molecule has 0 bridgehead atoms. The second kappa shape index (κ2) is 7.67. The number of nitrogens with one attached hydrogen (secondary N) is 1. The molecule has 2 aliphatic rings. The van der Waals surface area contributed by atoms with Crippen LogP contribution in [0.2, 0.25) is 0 Å². The van der Waals surface area contributed by atoms with E-state index in [1.54, 1.807) is 38.5 Å². The summed E-state index contributed by atoms with van der Waals surface area (Å²) in [6.07, 6.45) is 1.20. The molecule has 8 nitrogen and oxygen atoms in total. The Kier molecular flexibility index (Phi) is 5.06. The summed E-state index contributed by atoms with van der Waals surface area (Å²) >= 11 is 1.35. The second-order valence-electron chi connectivity index (χ2n) is 6.22. The van der Waals surface area contributed by atoms with Crippen LogP contribution in [-0.2, 0) is 4.79 Å². The van der Waals surface area contributed by atoms with Crippen molar-refractivity contribution in [2.45, 2.75) is 6.17 Å². The van der Waals surface area contributed by atoms with E-state index >= 15 is 0 Å². The molecule has 0 saturated carbocycles. The van der Waals surface area contributed by atoms with E-state index in [1.165, 1.54) is 11.8 Å². The Labute approximate surface area is 171 Å². The number of thioether (sulfide) groups is 1. The van der Waals surface area contributed by atoms with E-state index in [0.29, 0.717) is 39.0 Å². The number of rotatable bonds is 4. The molecule has 0 saturated heterocycles. The normalized spacial score (nSPS) is 17.4. The van der Waals surface area contributed by atoms with E-state index in [4.69, 9.17) is 19.2 Å². The third-order valence-electron chi connectivity index (χ3n) is 4.72. The first-order chi connectivity index (χ1) is 14.1. The van der Waals surface area contributed by atoms with Crippen molar-refractivity contribution in [2.75, 3.05) is 27.6 Å². The summed E-state index contributed by atoms with van der Waals surface area (Å²) in [6, 6.07) is 11.0. The number of nitrogens with zero attached hydrogens (tertiary/aromatic N) is 3. The van der Waals surface area contributed by atoms with Crippen molar-refractivity contribution in [2.24, 2.45) is 10.1 Å². The predicted octanol–water partition coefficient (Wildman–Crippen LogP) is 1.22. The maximum atomic E-state index is 12.9. The minimum atomic E-state index is -0.649. The molecule has 0 unspecified atom stereocenters. The van der Waals surface area contributed by atoms with Crippen LogP contribution in [0.15, 0.2) is 46.5 Å². The van der Waals surface area contributed by atoms with Crippen LogP contribution < -0.4 is 30.1 Å². The number of benzene rings is 2. The number of hydrogen-bond acceptors (Lipinski definition) is 8. The van der Waals surface area contributed by atoms with Gasteiger partial charge < -0.3 is 14.2 Å². The molecule has 2 aromatic carbocycles. The molecule has 0 aromatic heterocycles. The second-order valence-corrected chi connectivity index (χ2v) is 7.02. The first-order valence-corrected chi connectivity index (χ1v) is 10.0. The molecular weight excluding hydrogens is 392 g/mol. The molecule has 150 valence electrons. The Hall–Kier alpha value is -3.20. The number of carbonyl (C=O) groups excluding carboxylic acids is 1. The summed E-state index contributed by atoms with van der Waals surface area (Å²) in [5, 5.41) is 11.0. The number of hydrazone groups is 1. The molecule has 2 heterocycles. The van der Waals surface area contributed by atoms with Gasteiger partial charge in [-0.05, 0) is 12.3 Å². The van der Waals surface area contributed by atoms with Crippen LogP contribution in [0.5, 0.6) is 17.2 Å². The summed E-state index contributed by atoms with van der Waals surface area (Å²) in [4.78, 5) is 17.8. The van der Waals surface area contributed by atoms with Crippen LogP contribution in [0.4, 0.5) is 0 Å². The van der Waals surface area contributed by atoms with Gasteiger partial charge in [0.25, 0.3) is 5.91 Å². The van der Waals surface area contributed by atoms with Crippen molar-refractivity contribution in [3.63, 3.8) is 0 Å². The molecule has 4 rings (SSSR count). The number of fused-ring (bicyclic) bond motifs is 2. The van der Waals surface area contributed by atoms with Crippen molar-refractivity contribution < 1.29 is 19.0 Å². The van der Waals surface area contributed by atoms with Crippen molar-refractivity contribution in [3.8, 4) is 17.2 Å². The van der Waals surface area contributed by atoms with Crippen LogP contribution in [0.3, 0.4) is 0 Å². The molecule has 0 spiro atoms. The Morgan fingerprint density at radius 3 is 2.38 bits per heavy atom. The van der Waals surface area contributed by atoms with Gasteiger partial charge in [-0.2, -0.15) is 0 Å². The van der Waals surface area contributed by atoms with Crippen molar-refractivity contribution in [3.05, 3.63) is 52.5 Å². The van der Waals surface area contributed by atoms with E-state index in [2.05, 4.69) is 10.4 Å². The zero-order valence-corrected chi connectivity index (χ0v) is 17.2. The van der Waals surface area contributed by atoms with Crippen molar-refractivity contribution in [1.29, 1.82) is 0 Å². The average molecular weight is 412 g/mol. The third-order valence-corrected chi connectivity index (χ3v) is 5.29. The quantitative estimate of drug-likeness (QED) is 0.813. The average Bonchev–Trinajstić information content (AvgIpc) is 2.77. The van der Waals surface area contributed by atoms with Crippen LogP contribution in [-0.4, -0.2) is 43.7 Å². The van der Waals surface area contributed by atoms with Gasteiger partial charge in [0.1, 0.15) is 22.9 Å². The number of amidine groups is 1. The maximum absolute atomic E-state index is 12.9. The summed E-state index contributed by atoms with van der Waals surface area (Å²) in [5.41, 5.74) is 1.08. The largest absolute Gasteiger partial charge is 0.496 e. The molecule has 2 aromatic rings. The minimum Gasteiger partial charge on any atom is -0.496 e. The van der Waals surface area contributed by atoms with Crippen molar-refractivity contribution in [1.82, 2.24) is 10.3 Å². The fraction of sp³-hybridized carbons (Fsp3) is 0.250. The molecule has 0 fully saturated rings. The molecule has 1 N–H and O–H groups in total. The van der Waals surface area contributed by atoms with Gasteiger partial charge in [0.2, 0.25) is 0 Å². The molecule has 1 atom stereocenters. The topological polar surface area (TPSA) is 84.8 Å². The molecule has 0 radical (unpaired) electrons. The first-order valence-electron chi connectivity index (χ1n) is 8.81. The first kappa shape index (κ1) is 19.1. The van der Waals surface area contributed by atoms with Gasteiger partial charge in [0, 0.05) is 17.4 Å². The number of carbonyl (C=O) groups is 1. The van der Waals surface area contributed by atoms with Gasteiger partial charge in [0.15, 0.2) is 11.3 Å². The lowest BCUT2D eigenvalue weighted by molar-refractivity contribution is -0.116.